The maximum Gasteiger partial charge on any atom is 0.143 e. The number of aliphatic hydroxyl groups excluding tert-OH is 1. The molecule has 1 aromatic heterocycles. The standard InChI is InChI=1S/C13H19NO2/c1-10-6-7-13(12(8-15)14-10)16-9-11-4-2-3-5-11/h6-7,11,15H,2-5,8-9H2,1H3. The molecule has 3 heteroatoms. The van der Waals surface area contributed by atoms with Crippen LogP contribution in [0.3, 0.4) is 0 Å². The monoisotopic (exact) mass is 221 g/mol. The molecule has 1 heterocycles. The van der Waals surface area contributed by atoms with Crippen LogP contribution in [0.5, 0.6) is 5.75 Å². The van der Waals surface area contributed by atoms with Crippen molar-refractivity contribution in [2.75, 3.05) is 6.61 Å². The molecule has 0 aromatic carbocycles. The van der Waals surface area contributed by atoms with Gasteiger partial charge in [-0.15, -0.1) is 0 Å². The summed E-state index contributed by atoms with van der Waals surface area (Å²) < 4.78 is 5.74. The van der Waals surface area contributed by atoms with Crippen LogP contribution in [0.4, 0.5) is 0 Å². The minimum atomic E-state index is -0.0539. The second-order valence-electron chi connectivity index (χ2n) is 4.52. The number of aromatic nitrogens is 1. The fourth-order valence-corrected chi connectivity index (χ4v) is 2.23. The van der Waals surface area contributed by atoms with E-state index < -0.39 is 0 Å². The molecule has 1 aromatic rings. The van der Waals surface area contributed by atoms with E-state index in [4.69, 9.17) is 4.74 Å². The Kier molecular flexibility index (Phi) is 3.78. The Morgan fingerprint density at radius 2 is 2.12 bits per heavy atom. The topological polar surface area (TPSA) is 42.4 Å². The summed E-state index contributed by atoms with van der Waals surface area (Å²) in [6, 6.07) is 3.83. The third-order valence-electron chi connectivity index (χ3n) is 3.17. The quantitative estimate of drug-likeness (QED) is 0.849. The molecule has 0 saturated heterocycles. The average molecular weight is 221 g/mol. The molecule has 16 heavy (non-hydrogen) atoms. The summed E-state index contributed by atoms with van der Waals surface area (Å²) in [4.78, 5) is 4.26. The fraction of sp³-hybridized carbons (Fsp3) is 0.615. The van der Waals surface area contributed by atoms with Gasteiger partial charge in [-0.2, -0.15) is 0 Å². The van der Waals surface area contributed by atoms with Crippen molar-refractivity contribution in [1.29, 1.82) is 0 Å². The average Bonchev–Trinajstić information content (AvgIpc) is 2.80. The van der Waals surface area contributed by atoms with E-state index in [1.807, 2.05) is 19.1 Å². The van der Waals surface area contributed by atoms with Crippen LogP contribution in [0, 0.1) is 12.8 Å². The number of aliphatic hydroxyl groups is 1. The van der Waals surface area contributed by atoms with Crippen LogP contribution in [-0.4, -0.2) is 16.7 Å². The Balaban J connectivity index is 1.97. The lowest BCUT2D eigenvalue weighted by atomic mass is 10.1. The van der Waals surface area contributed by atoms with Gasteiger partial charge in [0.2, 0.25) is 0 Å². The zero-order valence-corrected chi connectivity index (χ0v) is 9.78. The van der Waals surface area contributed by atoms with E-state index in [-0.39, 0.29) is 6.61 Å². The molecule has 0 unspecified atom stereocenters. The number of aryl methyl sites for hydroxylation is 1. The van der Waals surface area contributed by atoms with E-state index in [9.17, 15) is 5.11 Å². The van der Waals surface area contributed by atoms with Gasteiger partial charge in [0, 0.05) is 5.69 Å². The summed E-state index contributed by atoms with van der Waals surface area (Å²) in [6.45, 7) is 2.62. The lowest BCUT2D eigenvalue weighted by Crippen LogP contribution is -2.10. The van der Waals surface area contributed by atoms with Crippen molar-refractivity contribution >= 4 is 0 Å². The lowest BCUT2D eigenvalue weighted by molar-refractivity contribution is 0.231. The lowest BCUT2D eigenvalue weighted by Gasteiger charge is -2.13. The van der Waals surface area contributed by atoms with Gasteiger partial charge in [-0.25, -0.2) is 0 Å². The first-order valence-corrected chi connectivity index (χ1v) is 6.00. The third-order valence-corrected chi connectivity index (χ3v) is 3.17. The zero-order valence-electron chi connectivity index (χ0n) is 9.78. The van der Waals surface area contributed by atoms with E-state index in [1.54, 1.807) is 0 Å². The molecule has 1 saturated carbocycles. The minimum Gasteiger partial charge on any atom is -0.491 e. The van der Waals surface area contributed by atoms with Crippen LogP contribution in [0.2, 0.25) is 0 Å². The molecule has 0 aliphatic heterocycles. The molecule has 88 valence electrons. The Labute approximate surface area is 96.5 Å². The van der Waals surface area contributed by atoms with E-state index in [1.165, 1.54) is 25.7 Å². The van der Waals surface area contributed by atoms with Crippen LogP contribution < -0.4 is 4.74 Å². The molecule has 1 aliphatic rings. The van der Waals surface area contributed by atoms with Gasteiger partial charge in [0.15, 0.2) is 0 Å². The molecular formula is C13H19NO2. The predicted molar refractivity (Wildman–Crippen MR) is 62.3 cm³/mol. The van der Waals surface area contributed by atoms with E-state index >= 15 is 0 Å². The van der Waals surface area contributed by atoms with Crippen LogP contribution in [0.1, 0.15) is 37.1 Å². The highest BCUT2D eigenvalue weighted by molar-refractivity contribution is 5.28. The number of nitrogens with zero attached hydrogens (tertiary/aromatic N) is 1. The second-order valence-corrected chi connectivity index (χ2v) is 4.52. The Morgan fingerprint density at radius 3 is 2.81 bits per heavy atom. The first-order valence-electron chi connectivity index (χ1n) is 6.00. The van der Waals surface area contributed by atoms with Gasteiger partial charge in [0.1, 0.15) is 11.4 Å². The highest BCUT2D eigenvalue weighted by atomic mass is 16.5. The van der Waals surface area contributed by atoms with Gasteiger partial charge in [0.25, 0.3) is 0 Å². The summed E-state index contributed by atoms with van der Waals surface area (Å²) in [7, 11) is 0. The third kappa shape index (κ3) is 2.73. The van der Waals surface area contributed by atoms with Crippen LogP contribution in [0.25, 0.3) is 0 Å². The van der Waals surface area contributed by atoms with E-state index in [0.717, 1.165) is 18.1 Å². The molecular weight excluding hydrogens is 202 g/mol. The van der Waals surface area contributed by atoms with Crippen molar-refractivity contribution < 1.29 is 9.84 Å². The van der Waals surface area contributed by atoms with Gasteiger partial charge in [0.05, 0.1) is 13.2 Å². The zero-order chi connectivity index (χ0) is 11.4. The molecule has 1 aliphatic carbocycles. The van der Waals surface area contributed by atoms with Gasteiger partial charge < -0.3 is 9.84 Å². The molecule has 0 amide bonds. The Bertz CT molecular complexity index is 346. The van der Waals surface area contributed by atoms with Crippen LogP contribution >= 0.6 is 0 Å². The van der Waals surface area contributed by atoms with Crippen LogP contribution in [-0.2, 0) is 6.61 Å². The molecule has 2 rings (SSSR count). The predicted octanol–water partition coefficient (Wildman–Crippen LogP) is 2.45. The Hall–Kier alpha value is -1.09. The molecule has 1 N–H and O–H groups in total. The fourth-order valence-electron chi connectivity index (χ4n) is 2.23. The summed E-state index contributed by atoms with van der Waals surface area (Å²) in [5.41, 5.74) is 1.57. The minimum absolute atomic E-state index is 0.0539. The van der Waals surface area contributed by atoms with Gasteiger partial charge in [-0.3, -0.25) is 4.98 Å². The van der Waals surface area contributed by atoms with Gasteiger partial charge in [-0.05, 0) is 37.8 Å². The Morgan fingerprint density at radius 1 is 1.38 bits per heavy atom. The van der Waals surface area contributed by atoms with Crippen molar-refractivity contribution in [1.82, 2.24) is 4.98 Å². The molecule has 0 atom stereocenters. The summed E-state index contributed by atoms with van der Waals surface area (Å²) >= 11 is 0. The largest absolute Gasteiger partial charge is 0.491 e. The van der Waals surface area contributed by atoms with Crippen molar-refractivity contribution in [3.05, 3.63) is 23.5 Å². The maximum absolute atomic E-state index is 9.19. The highest BCUT2D eigenvalue weighted by Crippen LogP contribution is 2.26. The van der Waals surface area contributed by atoms with Crippen molar-refractivity contribution in [2.24, 2.45) is 5.92 Å². The first-order chi connectivity index (χ1) is 7.79. The smallest absolute Gasteiger partial charge is 0.143 e. The number of hydrogen-bond donors (Lipinski definition) is 1. The van der Waals surface area contributed by atoms with Gasteiger partial charge in [-0.1, -0.05) is 12.8 Å². The summed E-state index contributed by atoms with van der Waals surface area (Å²) in [6.07, 6.45) is 5.20. The maximum atomic E-state index is 9.19. The SMILES string of the molecule is Cc1ccc(OCC2CCCC2)c(CO)n1. The number of rotatable bonds is 4. The molecule has 1 fully saturated rings. The van der Waals surface area contributed by atoms with E-state index in [0.29, 0.717) is 11.6 Å². The molecule has 0 radical (unpaired) electrons. The molecule has 3 nitrogen and oxygen atoms in total. The first kappa shape index (κ1) is 11.4. The molecule has 0 bridgehead atoms. The van der Waals surface area contributed by atoms with E-state index in [2.05, 4.69) is 4.98 Å². The number of hydrogen-bond acceptors (Lipinski definition) is 3. The molecule has 0 spiro atoms. The number of pyridine rings is 1. The normalized spacial score (nSPS) is 16.6. The highest BCUT2D eigenvalue weighted by Gasteiger charge is 2.16. The van der Waals surface area contributed by atoms with Crippen molar-refractivity contribution in [2.45, 2.75) is 39.2 Å². The van der Waals surface area contributed by atoms with Crippen LogP contribution in [0.15, 0.2) is 12.1 Å². The number of ether oxygens (including phenoxy) is 1. The summed E-state index contributed by atoms with van der Waals surface area (Å²) in [5.74, 6) is 1.42. The van der Waals surface area contributed by atoms with Crippen molar-refractivity contribution in [3.63, 3.8) is 0 Å². The van der Waals surface area contributed by atoms with Crippen molar-refractivity contribution in [3.8, 4) is 5.75 Å². The second kappa shape index (κ2) is 5.30. The van der Waals surface area contributed by atoms with Gasteiger partial charge >= 0.3 is 0 Å². The summed E-state index contributed by atoms with van der Waals surface area (Å²) in [5, 5.41) is 9.19.